The van der Waals surface area contributed by atoms with E-state index >= 15 is 0 Å². The highest BCUT2D eigenvalue weighted by Gasteiger charge is 2.36. The second kappa shape index (κ2) is 6.18. The average Bonchev–Trinajstić information content (AvgIpc) is 2.97. The summed E-state index contributed by atoms with van der Waals surface area (Å²) in [5.74, 6) is 0.199. The molecule has 0 aliphatic heterocycles. The molecule has 0 saturated heterocycles. The third-order valence-corrected chi connectivity index (χ3v) is 4.72. The first-order valence-corrected chi connectivity index (χ1v) is 7.89. The Balaban J connectivity index is 2.48. The van der Waals surface area contributed by atoms with E-state index in [0.717, 1.165) is 12.8 Å². The van der Waals surface area contributed by atoms with Crippen LogP contribution in [0.25, 0.3) is 0 Å². The van der Waals surface area contributed by atoms with Crippen LogP contribution in [0.5, 0.6) is 0 Å². The third kappa shape index (κ3) is 4.38. The molecule has 1 fully saturated rings. The fraction of sp³-hybridized carbons (Fsp3) is 1.00. The van der Waals surface area contributed by atoms with Crippen molar-refractivity contribution in [2.24, 2.45) is 0 Å². The minimum Gasteiger partial charge on any atom is -0.385 e. The summed E-state index contributed by atoms with van der Waals surface area (Å²) in [5, 5.41) is 0.701. The molecule has 90 valence electrons. The van der Waals surface area contributed by atoms with Crippen LogP contribution in [0.3, 0.4) is 0 Å². The summed E-state index contributed by atoms with van der Waals surface area (Å²) < 4.78 is 30.4. The van der Waals surface area contributed by atoms with Gasteiger partial charge >= 0.3 is 0 Å². The van der Waals surface area contributed by atoms with Crippen molar-refractivity contribution in [2.75, 3.05) is 31.3 Å². The number of methoxy groups -OCH3 is 1. The Morgan fingerprint density at radius 2 is 2.13 bits per heavy atom. The van der Waals surface area contributed by atoms with Gasteiger partial charge in [0.25, 0.3) is 0 Å². The molecule has 0 amide bonds. The van der Waals surface area contributed by atoms with Crippen molar-refractivity contribution in [1.29, 1.82) is 0 Å². The first-order chi connectivity index (χ1) is 7.11. The van der Waals surface area contributed by atoms with E-state index < -0.39 is 10.0 Å². The number of hydrogen-bond acceptors (Lipinski definition) is 3. The molecule has 0 spiro atoms. The quantitative estimate of drug-likeness (QED) is 0.500. The van der Waals surface area contributed by atoms with Crippen LogP contribution >= 0.6 is 15.9 Å². The normalized spacial score (nSPS) is 17.3. The SMILES string of the molecule is COCCCS(=O)(=O)N(CCBr)C1CC1. The van der Waals surface area contributed by atoms with Gasteiger partial charge in [-0.15, -0.1) is 0 Å². The van der Waals surface area contributed by atoms with Gasteiger partial charge in [-0.1, -0.05) is 15.9 Å². The van der Waals surface area contributed by atoms with Crippen LogP contribution in [0.15, 0.2) is 0 Å². The Bertz CT molecular complexity index is 277. The van der Waals surface area contributed by atoms with Crippen LogP contribution < -0.4 is 0 Å². The van der Waals surface area contributed by atoms with Crippen LogP contribution in [-0.4, -0.2) is 50.1 Å². The van der Waals surface area contributed by atoms with Gasteiger partial charge < -0.3 is 4.74 Å². The topological polar surface area (TPSA) is 46.6 Å². The Morgan fingerprint density at radius 3 is 2.60 bits per heavy atom. The molecule has 1 rings (SSSR count). The molecule has 0 heterocycles. The number of rotatable bonds is 8. The summed E-state index contributed by atoms with van der Waals surface area (Å²) in [5.41, 5.74) is 0. The van der Waals surface area contributed by atoms with E-state index in [0.29, 0.717) is 24.9 Å². The van der Waals surface area contributed by atoms with Gasteiger partial charge in [0.15, 0.2) is 0 Å². The first-order valence-electron chi connectivity index (χ1n) is 5.16. The highest BCUT2D eigenvalue weighted by Crippen LogP contribution is 2.29. The standard InChI is InChI=1S/C9H18BrNO3S/c1-14-7-2-8-15(12,13)11(6-5-10)9-3-4-9/h9H,2-8H2,1H3. The second-order valence-corrected chi connectivity index (χ2v) is 6.53. The van der Waals surface area contributed by atoms with Gasteiger partial charge in [-0.2, -0.15) is 4.31 Å². The highest BCUT2D eigenvalue weighted by molar-refractivity contribution is 9.09. The largest absolute Gasteiger partial charge is 0.385 e. The first kappa shape index (κ1) is 13.4. The van der Waals surface area contributed by atoms with E-state index in [-0.39, 0.29) is 11.8 Å². The van der Waals surface area contributed by atoms with E-state index in [1.165, 1.54) is 0 Å². The molecule has 4 nitrogen and oxygen atoms in total. The number of ether oxygens (including phenoxy) is 1. The van der Waals surface area contributed by atoms with Crippen molar-refractivity contribution < 1.29 is 13.2 Å². The molecule has 1 saturated carbocycles. The minimum atomic E-state index is -3.07. The van der Waals surface area contributed by atoms with Crippen molar-refractivity contribution in [3.63, 3.8) is 0 Å². The molecule has 6 heteroatoms. The van der Waals surface area contributed by atoms with Crippen molar-refractivity contribution in [3.8, 4) is 0 Å². The predicted molar refractivity (Wildman–Crippen MR) is 63.8 cm³/mol. The van der Waals surface area contributed by atoms with Gasteiger partial charge in [0.1, 0.15) is 0 Å². The Kier molecular flexibility index (Phi) is 5.52. The number of alkyl halides is 1. The fourth-order valence-electron chi connectivity index (χ4n) is 1.50. The molecule has 0 aromatic heterocycles. The summed E-state index contributed by atoms with van der Waals surface area (Å²) in [6, 6.07) is 0.259. The van der Waals surface area contributed by atoms with Crippen LogP contribution in [0.1, 0.15) is 19.3 Å². The molecule has 1 aliphatic carbocycles. The predicted octanol–water partition coefficient (Wildman–Crippen LogP) is 1.21. The highest BCUT2D eigenvalue weighted by atomic mass is 79.9. The lowest BCUT2D eigenvalue weighted by atomic mass is 10.5. The lowest BCUT2D eigenvalue weighted by Crippen LogP contribution is -2.36. The van der Waals surface area contributed by atoms with Crippen molar-refractivity contribution in [2.45, 2.75) is 25.3 Å². The van der Waals surface area contributed by atoms with Crippen molar-refractivity contribution in [3.05, 3.63) is 0 Å². The second-order valence-electron chi connectivity index (χ2n) is 3.69. The maximum absolute atomic E-state index is 11.9. The smallest absolute Gasteiger partial charge is 0.214 e. The summed E-state index contributed by atoms with van der Waals surface area (Å²) in [6.07, 6.45) is 2.59. The van der Waals surface area contributed by atoms with E-state index in [1.54, 1.807) is 11.4 Å². The molecule has 0 radical (unpaired) electrons. The zero-order valence-electron chi connectivity index (χ0n) is 8.99. The summed E-state index contributed by atoms with van der Waals surface area (Å²) >= 11 is 3.29. The summed E-state index contributed by atoms with van der Waals surface area (Å²) in [4.78, 5) is 0. The van der Waals surface area contributed by atoms with Crippen LogP contribution in [0.4, 0.5) is 0 Å². The van der Waals surface area contributed by atoms with Gasteiger partial charge in [0, 0.05) is 31.6 Å². The van der Waals surface area contributed by atoms with Crippen molar-refractivity contribution in [1.82, 2.24) is 4.31 Å². The molecule has 0 atom stereocenters. The lowest BCUT2D eigenvalue weighted by molar-refractivity contribution is 0.199. The third-order valence-electron chi connectivity index (χ3n) is 2.37. The van der Waals surface area contributed by atoms with E-state index in [1.807, 2.05) is 0 Å². The molecule has 15 heavy (non-hydrogen) atoms. The Morgan fingerprint density at radius 1 is 1.47 bits per heavy atom. The number of halogens is 1. The molecular formula is C9H18BrNO3S. The molecule has 0 aromatic carbocycles. The number of sulfonamides is 1. The van der Waals surface area contributed by atoms with Gasteiger partial charge in [-0.3, -0.25) is 0 Å². The molecular weight excluding hydrogens is 282 g/mol. The summed E-state index contributed by atoms with van der Waals surface area (Å²) in [7, 11) is -1.48. The van der Waals surface area contributed by atoms with Gasteiger partial charge in [-0.05, 0) is 19.3 Å². The minimum absolute atomic E-state index is 0.199. The molecule has 0 bridgehead atoms. The Hall–Kier alpha value is 0.350. The fourth-order valence-corrected chi connectivity index (χ4v) is 3.87. The zero-order valence-corrected chi connectivity index (χ0v) is 11.4. The van der Waals surface area contributed by atoms with Crippen LogP contribution in [0.2, 0.25) is 0 Å². The van der Waals surface area contributed by atoms with Crippen molar-refractivity contribution >= 4 is 26.0 Å². The molecule has 1 aliphatic rings. The van der Waals surface area contributed by atoms with Gasteiger partial charge in [-0.25, -0.2) is 8.42 Å². The monoisotopic (exact) mass is 299 g/mol. The number of hydrogen-bond donors (Lipinski definition) is 0. The van der Waals surface area contributed by atoms with Gasteiger partial charge in [0.05, 0.1) is 5.75 Å². The van der Waals surface area contributed by atoms with E-state index in [9.17, 15) is 8.42 Å². The maximum atomic E-state index is 11.9. The van der Waals surface area contributed by atoms with Gasteiger partial charge in [0.2, 0.25) is 10.0 Å². The molecule has 0 unspecified atom stereocenters. The van der Waals surface area contributed by atoms with E-state index in [4.69, 9.17) is 4.74 Å². The molecule has 0 N–H and O–H groups in total. The maximum Gasteiger partial charge on any atom is 0.214 e. The summed E-state index contributed by atoms with van der Waals surface area (Å²) in [6.45, 7) is 1.09. The van der Waals surface area contributed by atoms with Crippen LogP contribution in [-0.2, 0) is 14.8 Å². The number of nitrogens with zero attached hydrogens (tertiary/aromatic N) is 1. The van der Waals surface area contributed by atoms with E-state index in [2.05, 4.69) is 15.9 Å². The molecule has 0 aromatic rings. The van der Waals surface area contributed by atoms with Crippen LogP contribution in [0, 0.1) is 0 Å². The average molecular weight is 300 g/mol. The lowest BCUT2D eigenvalue weighted by Gasteiger charge is -2.20. The Labute approximate surface area is 100 Å². The zero-order chi connectivity index (χ0) is 11.3.